The van der Waals surface area contributed by atoms with Crippen LogP contribution in [0.4, 0.5) is 10.5 Å². The van der Waals surface area contributed by atoms with Gasteiger partial charge < -0.3 is 20.0 Å². The molecule has 1 atom stereocenters. The molecule has 3 amide bonds. The van der Waals surface area contributed by atoms with E-state index < -0.39 is 6.03 Å². The highest BCUT2D eigenvalue weighted by atomic mass is 35.5. The number of nitrogens with zero attached hydrogens (tertiary/aromatic N) is 1. The van der Waals surface area contributed by atoms with Gasteiger partial charge in [0.05, 0.1) is 17.3 Å². The van der Waals surface area contributed by atoms with Crippen LogP contribution in [0.2, 0.25) is 5.02 Å². The predicted molar refractivity (Wildman–Crippen MR) is 93.5 cm³/mol. The highest BCUT2D eigenvalue weighted by Crippen LogP contribution is 2.23. The number of furan rings is 1. The molecule has 7 heteroatoms. The summed E-state index contributed by atoms with van der Waals surface area (Å²) < 4.78 is 5.48. The summed E-state index contributed by atoms with van der Waals surface area (Å²) in [6, 6.07) is 7.60. The number of urea groups is 1. The van der Waals surface area contributed by atoms with Crippen LogP contribution >= 0.6 is 11.6 Å². The Balaban J connectivity index is 2.13. The van der Waals surface area contributed by atoms with Gasteiger partial charge in [0.15, 0.2) is 0 Å². The second-order valence-electron chi connectivity index (χ2n) is 5.66. The third-order valence-electron chi connectivity index (χ3n) is 3.40. The molecule has 2 N–H and O–H groups in total. The molecule has 0 aliphatic rings. The minimum atomic E-state index is -0.452. The topological polar surface area (TPSA) is 74.6 Å². The summed E-state index contributed by atoms with van der Waals surface area (Å²) in [6.07, 6.45) is 0. The smallest absolute Gasteiger partial charge is 0.319 e. The Morgan fingerprint density at radius 2 is 1.92 bits per heavy atom. The molecule has 0 aliphatic carbocycles. The average molecular weight is 350 g/mol. The molecule has 1 heterocycles. The summed E-state index contributed by atoms with van der Waals surface area (Å²) in [5, 5.41) is 5.86. The van der Waals surface area contributed by atoms with Crippen molar-refractivity contribution < 1.29 is 14.0 Å². The first kappa shape index (κ1) is 17.9. The van der Waals surface area contributed by atoms with Crippen LogP contribution in [0.1, 0.15) is 34.8 Å². The molecule has 2 aromatic rings. The number of amides is 3. The molecule has 2 rings (SSSR count). The number of halogens is 1. The molecule has 0 unspecified atom stereocenters. The molecule has 0 radical (unpaired) electrons. The largest absolute Gasteiger partial charge is 0.464 e. The summed E-state index contributed by atoms with van der Waals surface area (Å²) in [5.74, 6) is 1.20. The van der Waals surface area contributed by atoms with Gasteiger partial charge in [-0.25, -0.2) is 4.79 Å². The lowest BCUT2D eigenvalue weighted by molar-refractivity contribution is 0.0828. The normalized spacial score (nSPS) is 11.7. The molecular weight excluding hydrogens is 330 g/mol. The van der Waals surface area contributed by atoms with Gasteiger partial charge in [0.2, 0.25) is 0 Å². The van der Waals surface area contributed by atoms with Gasteiger partial charge in [-0.3, -0.25) is 4.79 Å². The van der Waals surface area contributed by atoms with Crippen molar-refractivity contribution in [1.82, 2.24) is 10.2 Å². The van der Waals surface area contributed by atoms with E-state index in [0.717, 1.165) is 5.76 Å². The number of nitrogens with one attached hydrogen (secondary N) is 2. The van der Waals surface area contributed by atoms with E-state index in [4.69, 9.17) is 16.0 Å². The maximum Gasteiger partial charge on any atom is 0.319 e. The molecule has 0 fully saturated rings. The number of aryl methyl sites for hydroxylation is 1. The van der Waals surface area contributed by atoms with Crippen LogP contribution in [0.3, 0.4) is 0 Å². The molecule has 24 heavy (non-hydrogen) atoms. The van der Waals surface area contributed by atoms with E-state index >= 15 is 0 Å². The van der Waals surface area contributed by atoms with E-state index in [9.17, 15) is 9.59 Å². The molecule has 0 saturated carbocycles. The zero-order chi connectivity index (χ0) is 17.9. The quantitative estimate of drug-likeness (QED) is 0.881. The van der Waals surface area contributed by atoms with Crippen molar-refractivity contribution in [3.8, 4) is 0 Å². The van der Waals surface area contributed by atoms with E-state index in [1.165, 1.54) is 4.90 Å². The first-order valence-corrected chi connectivity index (χ1v) is 7.80. The number of hydrogen-bond donors (Lipinski definition) is 2. The van der Waals surface area contributed by atoms with Gasteiger partial charge in [-0.05, 0) is 44.2 Å². The zero-order valence-corrected chi connectivity index (χ0v) is 14.8. The lowest BCUT2D eigenvalue weighted by Gasteiger charge is -2.17. The van der Waals surface area contributed by atoms with Crippen molar-refractivity contribution in [1.29, 1.82) is 0 Å². The Labute approximate surface area is 145 Å². The fourth-order valence-electron chi connectivity index (χ4n) is 2.16. The second kappa shape index (κ2) is 7.40. The van der Waals surface area contributed by atoms with Crippen molar-refractivity contribution in [2.45, 2.75) is 19.9 Å². The zero-order valence-electron chi connectivity index (χ0n) is 14.0. The maximum absolute atomic E-state index is 12.2. The molecule has 0 aliphatic heterocycles. The SMILES string of the molecule is Cc1ccc([C@H](C)NC(=O)Nc2cc(Cl)ccc2C(=O)N(C)C)o1. The van der Waals surface area contributed by atoms with Gasteiger partial charge in [-0.15, -0.1) is 0 Å². The minimum Gasteiger partial charge on any atom is -0.464 e. The summed E-state index contributed by atoms with van der Waals surface area (Å²) in [5.41, 5.74) is 0.711. The summed E-state index contributed by atoms with van der Waals surface area (Å²) in [7, 11) is 3.28. The third kappa shape index (κ3) is 4.29. The number of anilines is 1. The van der Waals surface area contributed by atoms with Crippen molar-refractivity contribution >= 4 is 29.2 Å². The second-order valence-corrected chi connectivity index (χ2v) is 6.09. The Kier molecular flexibility index (Phi) is 5.51. The van der Waals surface area contributed by atoms with E-state index in [1.807, 2.05) is 19.9 Å². The maximum atomic E-state index is 12.2. The van der Waals surface area contributed by atoms with Crippen molar-refractivity contribution in [2.75, 3.05) is 19.4 Å². The predicted octanol–water partition coefficient (Wildman–Crippen LogP) is 3.83. The molecule has 1 aromatic carbocycles. The lowest BCUT2D eigenvalue weighted by atomic mass is 10.1. The van der Waals surface area contributed by atoms with Crippen LogP contribution < -0.4 is 10.6 Å². The van der Waals surface area contributed by atoms with Crippen molar-refractivity contribution in [3.63, 3.8) is 0 Å². The van der Waals surface area contributed by atoms with Gasteiger partial charge in [0.1, 0.15) is 11.5 Å². The van der Waals surface area contributed by atoms with Crippen LogP contribution in [0.15, 0.2) is 34.7 Å². The number of hydrogen-bond acceptors (Lipinski definition) is 3. The lowest BCUT2D eigenvalue weighted by Crippen LogP contribution is -2.32. The van der Waals surface area contributed by atoms with Gasteiger partial charge in [-0.1, -0.05) is 11.6 Å². The molecule has 6 nitrogen and oxygen atoms in total. The number of rotatable bonds is 4. The van der Waals surface area contributed by atoms with Crippen LogP contribution in [0.25, 0.3) is 0 Å². The Hall–Kier alpha value is -2.47. The Morgan fingerprint density at radius 1 is 1.21 bits per heavy atom. The minimum absolute atomic E-state index is 0.225. The number of carbonyl (C=O) groups excluding carboxylic acids is 2. The van der Waals surface area contributed by atoms with Crippen molar-refractivity contribution in [2.24, 2.45) is 0 Å². The van der Waals surface area contributed by atoms with Gasteiger partial charge in [0, 0.05) is 19.1 Å². The summed E-state index contributed by atoms with van der Waals surface area (Å²) in [6.45, 7) is 3.64. The third-order valence-corrected chi connectivity index (χ3v) is 3.64. The molecule has 128 valence electrons. The molecular formula is C17H20ClN3O3. The van der Waals surface area contributed by atoms with E-state index in [0.29, 0.717) is 22.0 Å². The molecule has 0 bridgehead atoms. The monoisotopic (exact) mass is 349 g/mol. The van der Waals surface area contributed by atoms with Crippen LogP contribution in [0, 0.1) is 6.92 Å². The molecule has 1 aromatic heterocycles. The van der Waals surface area contributed by atoms with Gasteiger partial charge in [0.25, 0.3) is 5.91 Å². The summed E-state index contributed by atoms with van der Waals surface area (Å²) >= 11 is 5.98. The number of carbonyl (C=O) groups is 2. The van der Waals surface area contributed by atoms with Crippen molar-refractivity contribution in [3.05, 3.63) is 52.4 Å². The Bertz CT molecular complexity index is 755. The van der Waals surface area contributed by atoms with Crippen LogP contribution in [-0.4, -0.2) is 30.9 Å². The van der Waals surface area contributed by atoms with E-state index in [2.05, 4.69) is 10.6 Å². The highest BCUT2D eigenvalue weighted by molar-refractivity contribution is 6.31. The standard InChI is InChI=1S/C17H20ClN3O3/c1-10-5-8-15(24-10)11(2)19-17(23)20-14-9-12(18)6-7-13(14)16(22)21(3)4/h5-9,11H,1-4H3,(H2,19,20,23)/t11-/m0/s1. The fraction of sp³-hybridized carbons (Fsp3) is 0.294. The van der Waals surface area contributed by atoms with Gasteiger partial charge in [-0.2, -0.15) is 0 Å². The van der Waals surface area contributed by atoms with Crippen LogP contribution in [-0.2, 0) is 0 Å². The van der Waals surface area contributed by atoms with E-state index in [1.54, 1.807) is 38.4 Å². The molecule has 0 spiro atoms. The molecule has 0 saturated heterocycles. The van der Waals surface area contributed by atoms with Gasteiger partial charge >= 0.3 is 6.03 Å². The average Bonchev–Trinajstić information content (AvgIpc) is 2.93. The number of benzene rings is 1. The Morgan fingerprint density at radius 3 is 2.50 bits per heavy atom. The first-order valence-electron chi connectivity index (χ1n) is 7.43. The fourth-order valence-corrected chi connectivity index (χ4v) is 2.33. The summed E-state index contributed by atoms with van der Waals surface area (Å²) in [4.78, 5) is 25.9. The van der Waals surface area contributed by atoms with E-state index in [-0.39, 0.29) is 11.9 Å². The first-order chi connectivity index (χ1) is 11.3. The van der Waals surface area contributed by atoms with Crippen LogP contribution in [0.5, 0.6) is 0 Å². The highest BCUT2D eigenvalue weighted by Gasteiger charge is 2.17.